The van der Waals surface area contributed by atoms with Crippen molar-refractivity contribution < 1.29 is 18.7 Å². The van der Waals surface area contributed by atoms with Gasteiger partial charge in [-0.25, -0.2) is 0 Å². The predicted molar refractivity (Wildman–Crippen MR) is 129 cm³/mol. The van der Waals surface area contributed by atoms with Gasteiger partial charge >= 0.3 is 0 Å². The van der Waals surface area contributed by atoms with Crippen LogP contribution >= 0.6 is 0 Å². The van der Waals surface area contributed by atoms with Gasteiger partial charge in [-0.3, -0.25) is 9.59 Å². The summed E-state index contributed by atoms with van der Waals surface area (Å²) in [5.41, 5.74) is 1.17. The molecule has 0 radical (unpaired) electrons. The van der Waals surface area contributed by atoms with Crippen LogP contribution in [0.1, 0.15) is 40.5 Å². The summed E-state index contributed by atoms with van der Waals surface area (Å²) in [5.74, 6) is 1.08. The zero-order valence-electron chi connectivity index (χ0n) is 18.7. The molecule has 0 aliphatic heterocycles. The van der Waals surface area contributed by atoms with E-state index in [0.717, 1.165) is 16.5 Å². The standard InChI is InChI=1S/C27H26N2O4/c1-3-29(4-2)27(31)20-9-12-22(13-10-20)28-26(30)25-16-15-24(33-25)18-32-23-14-11-19-7-5-6-8-21(19)17-23/h5-17H,3-4,18H2,1-2H3,(H,28,30). The molecule has 6 heteroatoms. The molecule has 2 amide bonds. The molecule has 33 heavy (non-hydrogen) atoms. The third-order valence-electron chi connectivity index (χ3n) is 5.43. The lowest BCUT2D eigenvalue weighted by molar-refractivity contribution is 0.0773. The van der Waals surface area contributed by atoms with E-state index in [-0.39, 0.29) is 24.2 Å². The fraction of sp³-hybridized carbons (Fsp3) is 0.185. The summed E-state index contributed by atoms with van der Waals surface area (Å²) < 4.78 is 11.5. The van der Waals surface area contributed by atoms with Gasteiger partial charge in [0.05, 0.1) is 0 Å². The largest absolute Gasteiger partial charge is 0.486 e. The molecule has 0 fully saturated rings. The lowest BCUT2D eigenvalue weighted by Gasteiger charge is -2.18. The van der Waals surface area contributed by atoms with Crippen LogP contribution in [-0.2, 0) is 6.61 Å². The number of anilines is 1. The maximum Gasteiger partial charge on any atom is 0.291 e. The Morgan fingerprint density at radius 1 is 0.879 bits per heavy atom. The van der Waals surface area contributed by atoms with E-state index in [4.69, 9.17) is 9.15 Å². The number of hydrogen-bond donors (Lipinski definition) is 1. The van der Waals surface area contributed by atoms with Gasteiger partial charge in [-0.05, 0) is 73.2 Å². The summed E-state index contributed by atoms with van der Waals surface area (Å²) >= 11 is 0. The van der Waals surface area contributed by atoms with Crippen molar-refractivity contribution in [1.29, 1.82) is 0 Å². The fourth-order valence-electron chi connectivity index (χ4n) is 3.57. The second-order valence-electron chi connectivity index (χ2n) is 7.57. The number of amides is 2. The molecular formula is C27H26N2O4. The van der Waals surface area contributed by atoms with E-state index in [1.54, 1.807) is 41.3 Å². The first-order valence-electron chi connectivity index (χ1n) is 11.0. The summed E-state index contributed by atoms with van der Waals surface area (Å²) in [6.45, 7) is 5.41. The first-order valence-corrected chi connectivity index (χ1v) is 11.0. The highest BCUT2D eigenvalue weighted by Crippen LogP contribution is 2.22. The number of furan rings is 1. The van der Waals surface area contributed by atoms with E-state index in [0.29, 0.717) is 30.1 Å². The number of nitrogens with zero attached hydrogens (tertiary/aromatic N) is 1. The number of hydrogen-bond acceptors (Lipinski definition) is 4. The molecule has 0 saturated heterocycles. The first-order chi connectivity index (χ1) is 16.1. The maximum absolute atomic E-state index is 12.5. The zero-order valence-corrected chi connectivity index (χ0v) is 18.7. The molecular weight excluding hydrogens is 416 g/mol. The molecule has 168 valence electrons. The minimum atomic E-state index is -0.366. The summed E-state index contributed by atoms with van der Waals surface area (Å²) in [6, 6.07) is 24.1. The Balaban J connectivity index is 1.35. The van der Waals surface area contributed by atoms with Gasteiger partial charge in [0.25, 0.3) is 11.8 Å². The Kier molecular flexibility index (Phi) is 6.74. The summed E-state index contributed by atoms with van der Waals surface area (Å²) in [6.07, 6.45) is 0. The number of rotatable bonds is 8. The van der Waals surface area contributed by atoms with Crippen molar-refractivity contribution >= 4 is 28.3 Å². The van der Waals surface area contributed by atoms with Crippen LogP contribution in [0.15, 0.2) is 83.3 Å². The maximum atomic E-state index is 12.5. The molecule has 4 aromatic rings. The van der Waals surface area contributed by atoms with Crippen LogP contribution in [0.5, 0.6) is 5.75 Å². The Labute approximate surface area is 192 Å². The van der Waals surface area contributed by atoms with Crippen molar-refractivity contribution in [3.63, 3.8) is 0 Å². The molecule has 0 aliphatic rings. The van der Waals surface area contributed by atoms with Gasteiger partial charge in [0.1, 0.15) is 18.1 Å². The van der Waals surface area contributed by atoms with E-state index in [2.05, 4.69) is 5.32 Å². The van der Waals surface area contributed by atoms with Gasteiger partial charge in [-0.15, -0.1) is 0 Å². The number of benzene rings is 3. The van der Waals surface area contributed by atoms with Crippen molar-refractivity contribution in [3.8, 4) is 5.75 Å². The van der Waals surface area contributed by atoms with Crippen molar-refractivity contribution in [3.05, 3.63) is 95.9 Å². The molecule has 0 bridgehead atoms. The molecule has 3 aromatic carbocycles. The molecule has 0 spiro atoms. The average molecular weight is 443 g/mol. The van der Waals surface area contributed by atoms with Crippen LogP contribution in [0.25, 0.3) is 10.8 Å². The quantitative estimate of drug-likeness (QED) is 0.377. The van der Waals surface area contributed by atoms with Crippen LogP contribution < -0.4 is 10.1 Å². The Hall–Kier alpha value is -4.06. The van der Waals surface area contributed by atoms with Gasteiger partial charge in [0, 0.05) is 24.3 Å². The molecule has 0 saturated carbocycles. The minimum Gasteiger partial charge on any atom is -0.486 e. The Bertz CT molecular complexity index is 1260. The van der Waals surface area contributed by atoms with E-state index in [1.807, 2.05) is 56.3 Å². The minimum absolute atomic E-state index is 0.0278. The molecule has 0 unspecified atom stereocenters. The zero-order chi connectivity index (χ0) is 23.2. The van der Waals surface area contributed by atoms with Gasteiger partial charge in [-0.1, -0.05) is 30.3 Å². The van der Waals surface area contributed by atoms with Crippen LogP contribution in [0, 0.1) is 0 Å². The summed E-state index contributed by atoms with van der Waals surface area (Å²) in [5, 5.41) is 5.03. The Morgan fingerprint density at radius 2 is 1.61 bits per heavy atom. The third-order valence-corrected chi connectivity index (χ3v) is 5.43. The van der Waals surface area contributed by atoms with Crippen molar-refractivity contribution in [2.45, 2.75) is 20.5 Å². The smallest absolute Gasteiger partial charge is 0.291 e. The van der Waals surface area contributed by atoms with Crippen molar-refractivity contribution in [1.82, 2.24) is 4.90 Å². The van der Waals surface area contributed by atoms with Crippen LogP contribution in [0.3, 0.4) is 0 Å². The summed E-state index contributed by atoms with van der Waals surface area (Å²) in [7, 11) is 0. The van der Waals surface area contributed by atoms with Crippen molar-refractivity contribution in [2.75, 3.05) is 18.4 Å². The number of ether oxygens (including phenoxy) is 1. The molecule has 1 aromatic heterocycles. The molecule has 6 nitrogen and oxygen atoms in total. The van der Waals surface area contributed by atoms with Gasteiger partial charge in [0.15, 0.2) is 5.76 Å². The SMILES string of the molecule is CCN(CC)C(=O)c1ccc(NC(=O)c2ccc(COc3ccc4ccccc4c3)o2)cc1. The van der Waals surface area contributed by atoms with Crippen molar-refractivity contribution in [2.24, 2.45) is 0 Å². The second-order valence-corrected chi connectivity index (χ2v) is 7.57. The highest BCUT2D eigenvalue weighted by atomic mass is 16.5. The number of carbonyl (C=O) groups is 2. The monoisotopic (exact) mass is 442 g/mol. The topological polar surface area (TPSA) is 71.8 Å². The fourth-order valence-corrected chi connectivity index (χ4v) is 3.57. The first kappa shape index (κ1) is 22.1. The predicted octanol–water partition coefficient (Wildman–Crippen LogP) is 5.75. The van der Waals surface area contributed by atoms with E-state index in [1.165, 1.54) is 0 Å². The lowest BCUT2D eigenvalue weighted by atomic mass is 10.1. The van der Waals surface area contributed by atoms with E-state index < -0.39 is 0 Å². The number of carbonyl (C=O) groups excluding carboxylic acids is 2. The van der Waals surface area contributed by atoms with E-state index in [9.17, 15) is 9.59 Å². The number of nitrogens with one attached hydrogen (secondary N) is 1. The molecule has 4 rings (SSSR count). The lowest BCUT2D eigenvalue weighted by Crippen LogP contribution is -2.30. The molecule has 0 atom stereocenters. The normalized spacial score (nSPS) is 10.7. The van der Waals surface area contributed by atoms with Crippen LogP contribution in [-0.4, -0.2) is 29.8 Å². The highest BCUT2D eigenvalue weighted by molar-refractivity contribution is 6.02. The van der Waals surface area contributed by atoms with Gasteiger partial charge in [0.2, 0.25) is 0 Å². The second kappa shape index (κ2) is 10.0. The average Bonchev–Trinajstić information content (AvgIpc) is 3.33. The third kappa shape index (κ3) is 5.23. The highest BCUT2D eigenvalue weighted by Gasteiger charge is 2.14. The molecule has 0 aliphatic carbocycles. The molecule has 1 N–H and O–H groups in total. The van der Waals surface area contributed by atoms with Gasteiger partial charge in [-0.2, -0.15) is 0 Å². The Morgan fingerprint density at radius 3 is 2.33 bits per heavy atom. The van der Waals surface area contributed by atoms with Crippen LogP contribution in [0.4, 0.5) is 5.69 Å². The van der Waals surface area contributed by atoms with Crippen LogP contribution in [0.2, 0.25) is 0 Å². The summed E-state index contributed by atoms with van der Waals surface area (Å²) in [4.78, 5) is 26.7. The van der Waals surface area contributed by atoms with E-state index >= 15 is 0 Å². The number of fused-ring (bicyclic) bond motifs is 1. The molecule has 1 heterocycles. The van der Waals surface area contributed by atoms with Gasteiger partial charge < -0.3 is 19.4 Å².